The predicted octanol–water partition coefficient (Wildman–Crippen LogP) is 2.85. The predicted molar refractivity (Wildman–Crippen MR) is 91.0 cm³/mol. The summed E-state index contributed by atoms with van der Waals surface area (Å²) in [5.41, 5.74) is 5.72. The molecule has 0 heterocycles. The van der Waals surface area contributed by atoms with E-state index in [0.717, 1.165) is 17.7 Å². The number of carbonyl (C=O) groups is 2. The van der Waals surface area contributed by atoms with Crippen molar-refractivity contribution in [2.24, 2.45) is 5.73 Å². The van der Waals surface area contributed by atoms with Gasteiger partial charge in [-0.15, -0.1) is 0 Å². The van der Waals surface area contributed by atoms with E-state index in [0.29, 0.717) is 6.42 Å². The Balaban J connectivity index is 1.98. The maximum Gasteiger partial charge on any atom is 0.416 e. The minimum absolute atomic E-state index is 0.101. The molecule has 0 aliphatic heterocycles. The lowest BCUT2D eigenvalue weighted by atomic mass is 10.0. The van der Waals surface area contributed by atoms with Crippen molar-refractivity contribution < 1.29 is 22.8 Å². The van der Waals surface area contributed by atoms with Crippen molar-refractivity contribution in [3.05, 3.63) is 71.3 Å². The molecule has 4 nitrogen and oxygen atoms in total. The molecular formula is C19H19F3N2O2. The van der Waals surface area contributed by atoms with Crippen LogP contribution in [0.15, 0.2) is 54.6 Å². The SMILES string of the molecule is NC(=O)[C@H](Cc1cccc(C(F)(F)F)c1)NC(=O)CCc1ccccc1. The normalized spacial score (nSPS) is 12.4. The number of rotatable bonds is 7. The van der Waals surface area contributed by atoms with Gasteiger partial charge in [0.15, 0.2) is 0 Å². The van der Waals surface area contributed by atoms with Gasteiger partial charge < -0.3 is 11.1 Å². The monoisotopic (exact) mass is 364 g/mol. The second kappa shape index (κ2) is 8.51. The first-order chi connectivity index (χ1) is 12.3. The van der Waals surface area contributed by atoms with Crippen LogP contribution in [0, 0.1) is 0 Å². The largest absolute Gasteiger partial charge is 0.416 e. The van der Waals surface area contributed by atoms with Crippen molar-refractivity contribution in [2.75, 3.05) is 0 Å². The molecule has 2 rings (SSSR count). The van der Waals surface area contributed by atoms with Crippen molar-refractivity contribution in [3.8, 4) is 0 Å². The van der Waals surface area contributed by atoms with Crippen molar-refractivity contribution in [3.63, 3.8) is 0 Å². The Bertz CT molecular complexity index is 761. The number of amides is 2. The maximum absolute atomic E-state index is 12.8. The molecule has 7 heteroatoms. The molecule has 0 radical (unpaired) electrons. The Morgan fingerprint density at radius 1 is 1.00 bits per heavy atom. The molecule has 138 valence electrons. The number of nitrogens with two attached hydrogens (primary N) is 1. The van der Waals surface area contributed by atoms with E-state index in [9.17, 15) is 22.8 Å². The molecule has 2 aromatic carbocycles. The van der Waals surface area contributed by atoms with E-state index in [1.165, 1.54) is 12.1 Å². The molecule has 0 aliphatic carbocycles. The third-order valence-corrected chi connectivity index (χ3v) is 3.86. The fraction of sp³-hybridized carbons (Fsp3) is 0.263. The number of nitrogens with one attached hydrogen (secondary N) is 1. The van der Waals surface area contributed by atoms with E-state index in [1.54, 1.807) is 0 Å². The van der Waals surface area contributed by atoms with E-state index < -0.39 is 23.7 Å². The van der Waals surface area contributed by atoms with E-state index in [1.807, 2.05) is 30.3 Å². The molecule has 0 fully saturated rings. The van der Waals surface area contributed by atoms with Gasteiger partial charge in [-0.1, -0.05) is 48.5 Å². The Morgan fingerprint density at radius 2 is 1.65 bits per heavy atom. The van der Waals surface area contributed by atoms with Crippen LogP contribution in [0.25, 0.3) is 0 Å². The number of primary amides is 1. The summed E-state index contributed by atoms with van der Waals surface area (Å²) in [5.74, 6) is -1.18. The van der Waals surface area contributed by atoms with Crippen LogP contribution in [-0.4, -0.2) is 17.9 Å². The lowest BCUT2D eigenvalue weighted by Gasteiger charge is -2.16. The highest BCUT2D eigenvalue weighted by Crippen LogP contribution is 2.29. The first-order valence-electron chi connectivity index (χ1n) is 8.04. The van der Waals surface area contributed by atoms with Gasteiger partial charge in [-0.3, -0.25) is 9.59 Å². The summed E-state index contributed by atoms with van der Waals surface area (Å²) in [6.07, 6.45) is -3.94. The first-order valence-corrected chi connectivity index (χ1v) is 8.04. The summed E-state index contributed by atoms with van der Waals surface area (Å²) in [5, 5.41) is 2.50. The van der Waals surface area contributed by atoms with Crippen LogP contribution in [-0.2, 0) is 28.6 Å². The van der Waals surface area contributed by atoms with Crippen LogP contribution in [0.2, 0.25) is 0 Å². The zero-order valence-electron chi connectivity index (χ0n) is 13.9. The van der Waals surface area contributed by atoms with Gasteiger partial charge in [0.2, 0.25) is 11.8 Å². The quantitative estimate of drug-likeness (QED) is 0.793. The van der Waals surface area contributed by atoms with Crippen molar-refractivity contribution in [1.82, 2.24) is 5.32 Å². The van der Waals surface area contributed by atoms with Gasteiger partial charge in [-0.05, 0) is 23.6 Å². The van der Waals surface area contributed by atoms with E-state index in [-0.39, 0.29) is 24.3 Å². The van der Waals surface area contributed by atoms with Crippen LogP contribution >= 0.6 is 0 Å². The van der Waals surface area contributed by atoms with E-state index in [2.05, 4.69) is 5.32 Å². The minimum Gasteiger partial charge on any atom is -0.368 e. The number of carbonyl (C=O) groups excluding carboxylic acids is 2. The average Bonchev–Trinajstić information content (AvgIpc) is 2.60. The summed E-state index contributed by atoms with van der Waals surface area (Å²) in [7, 11) is 0. The third-order valence-electron chi connectivity index (χ3n) is 3.86. The van der Waals surface area contributed by atoms with Gasteiger partial charge in [0.1, 0.15) is 6.04 Å². The highest BCUT2D eigenvalue weighted by atomic mass is 19.4. The molecule has 0 spiro atoms. The minimum atomic E-state index is -4.48. The highest BCUT2D eigenvalue weighted by Gasteiger charge is 2.30. The second-order valence-corrected chi connectivity index (χ2v) is 5.91. The molecule has 3 N–H and O–H groups in total. The number of alkyl halides is 3. The molecule has 0 unspecified atom stereocenters. The molecule has 0 aliphatic rings. The number of hydrogen-bond donors (Lipinski definition) is 2. The molecule has 0 saturated heterocycles. The van der Waals surface area contributed by atoms with E-state index >= 15 is 0 Å². The second-order valence-electron chi connectivity index (χ2n) is 5.91. The lowest BCUT2D eigenvalue weighted by molar-refractivity contribution is -0.137. The highest BCUT2D eigenvalue weighted by molar-refractivity contribution is 5.86. The fourth-order valence-electron chi connectivity index (χ4n) is 2.50. The van der Waals surface area contributed by atoms with Crippen LogP contribution in [0.3, 0.4) is 0 Å². The maximum atomic E-state index is 12.8. The molecule has 1 atom stereocenters. The van der Waals surface area contributed by atoms with Crippen LogP contribution in [0.1, 0.15) is 23.1 Å². The summed E-state index contributed by atoms with van der Waals surface area (Å²) < 4.78 is 38.3. The van der Waals surface area contributed by atoms with Crippen LogP contribution < -0.4 is 11.1 Å². The topological polar surface area (TPSA) is 72.2 Å². The van der Waals surface area contributed by atoms with E-state index in [4.69, 9.17) is 5.73 Å². The van der Waals surface area contributed by atoms with Crippen molar-refractivity contribution in [1.29, 1.82) is 0 Å². The van der Waals surface area contributed by atoms with Crippen LogP contribution in [0.4, 0.5) is 13.2 Å². The summed E-state index contributed by atoms with van der Waals surface area (Å²) in [6, 6.07) is 12.9. The summed E-state index contributed by atoms with van der Waals surface area (Å²) >= 11 is 0. The lowest BCUT2D eigenvalue weighted by Crippen LogP contribution is -2.45. The Morgan fingerprint density at radius 3 is 2.27 bits per heavy atom. The smallest absolute Gasteiger partial charge is 0.368 e. The molecular weight excluding hydrogens is 345 g/mol. The zero-order valence-corrected chi connectivity index (χ0v) is 13.9. The molecule has 2 aromatic rings. The summed E-state index contributed by atoms with van der Waals surface area (Å²) in [4.78, 5) is 23.6. The molecule has 0 bridgehead atoms. The molecule has 0 saturated carbocycles. The number of benzene rings is 2. The van der Waals surface area contributed by atoms with Gasteiger partial charge in [-0.25, -0.2) is 0 Å². The van der Waals surface area contributed by atoms with Crippen molar-refractivity contribution in [2.45, 2.75) is 31.5 Å². The Labute approximate surface area is 149 Å². The first kappa shape index (κ1) is 19.5. The number of aryl methyl sites for hydroxylation is 1. The van der Waals surface area contributed by atoms with Crippen LogP contribution in [0.5, 0.6) is 0 Å². The third kappa shape index (κ3) is 5.91. The molecule has 26 heavy (non-hydrogen) atoms. The standard InChI is InChI=1S/C19H19F3N2O2/c20-19(21,22)15-8-4-7-14(11-15)12-16(18(23)26)24-17(25)10-9-13-5-2-1-3-6-13/h1-8,11,16H,9-10,12H2,(H2,23,26)(H,24,25)/t16-/m0/s1. The van der Waals surface area contributed by atoms with Gasteiger partial charge in [-0.2, -0.15) is 13.2 Å². The fourth-order valence-corrected chi connectivity index (χ4v) is 2.50. The number of halogens is 3. The van der Waals surface area contributed by atoms with Gasteiger partial charge in [0.25, 0.3) is 0 Å². The average molecular weight is 364 g/mol. The number of hydrogen-bond acceptors (Lipinski definition) is 2. The molecule has 0 aromatic heterocycles. The van der Waals surface area contributed by atoms with Crippen molar-refractivity contribution >= 4 is 11.8 Å². The Hall–Kier alpha value is -2.83. The summed E-state index contributed by atoms with van der Waals surface area (Å²) in [6.45, 7) is 0. The Kier molecular flexibility index (Phi) is 6.38. The van der Waals surface area contributed by atoms with Gasteiger partial charge >= 0.3 is 6.18 Å². The van der Waals surface area contributed by atoms with Gasteiger partial charge in [0.05, 0.1) is 5.56 Å². The molecule has 2 amide bonds. The zero-order chi connectivity index (χ0) is 19.2. The van der Waals surface area contributed by atoms with Gasteiger partial charge in [0, 0.05) is 12.8 Å².